The topological polar surface area (TPSA) is 66.9 Å². The Balaban J connectivity index is 1.35. The number of benzene rings is 2. The summed E-state index contributed by atoms with van der Waals surface area (Å²) in [5.41, 5.74) is 1.44. The Labute approximate surface area is 167 Å². The molecular weight excluding hydrogens is 368 g/mol. The molecule has 6 nitrogen and oxygen atoms in total. The number of fused-ring (bicyclic) bond motifs is 2. The van der Waals surface area contributed by atoms with Gasteiger partial charge in [-0.3, -0.25) is 24.1 Å². The van der Waals surface area contributed by atoms with Gasteiger partial charge in [-0.1, -0.05) is 42.5 Å². The van der Waals surface area contributed by atoms with Crippen molar-refractivity contribution in [1.29, 1.82) is 0 Å². The number of imide groups is 1. The number of hydrogen-bond donors (Lipinski definition) is 0. The van der Waals surface area contributed by atoms with E-state index in [1.165, 1.54) is 9.96 Å². The van der Waals surface area contributed by atoms with Crippen molar-refractivity contribution < 1.29 is 19.2 Å². The second-order valence-corrected chi connectivity index (χ2v) is 8.02. The van der Waals surface area contributed by atoms with Crippen LogP contribution in [0.15, 0.2) is 66.7 Å². The van der Waals surface area contributed by atoms with Crippen LogP contribution in [-0.4, -0.2) is 45.9 Å². The lowest BCUT2D eigenvalue weighted by atomic mass is 10.0. The maximum atomic E-state index is 13.1. The average Bonchev–Trinajstić information content (AvgIpc) is 3.54. The van der Waals surface area contributed by atoms with Crippen LogP contribution < -0.4 is 0 Å². The summed E-state index contributed by atoms with van der Waals surface area (Å²) in [5.74, 6) is -0.427. The lowest BCUT2D eigenvalue weighted by Gasteiger charge is -2.36. The Morgan fingerprint density at radius 3 is 2.21 bits per heavy atom. The Morgan fingerprint density at radius 2 is 1.52 bits per heavy atom. The van der Waals surface area contributed by atoms with Crippen molar-refractivity contribution in [3.8, 4) is 0 Å². The molecule has 5 aliphatic rings. The molecule has 7 rings (SSSR count). The van der Waals surface area contributed by atoms with Crippen LogP contribution in [0.1, 0.15) is 37.5 Å². The van der Waals surface area contributed by atoms with Crippen LogP contribution in [-0.2, 0) is 4.84 Å². The van der Waals surface area contributed by atoms with Crippen LogP contribution in [0.25, 0.3) is 0 Å². The molecule has 1 saturated heterocycles. The molecular formula is C23H18N2O4. The van der Waals surface area contributed by atoms with Crippen LogP contribution in [0, 0.1) is 11.8 Å². The molecule has 0 radical (unpaired) electrons. The predicted molar refractivity (Wildman–Crippen MR) is 103 cm³/mol. The molecule has 144 valence electrons. The number of rotatable bonds is 2. The fourth-order valence-corrected chi connectivity index (χ4v) is 5.00. The number of amides is 3. The van der Waals surface area contributed by atoms with E-state index in [4.69, 9.17) is 4.84 Å². The molecule has 2 bridgehead atoms. The molecule has 2 unspecified atom stereocenters. The van der Waals surface area contributed by atoms with Crippen LogP contribution in [0.5, 0.6) is 0 Å². The Morgan fingerprint density at radius 1 is 0.862 bits per heavy atom. The van der Waals surface area contributed by atoms with E-state index < -0.39 is 12.1 Å². The molecule has 0 aromatic heterocycles. The van der Waals surface area contributed by atoms with Crippen LogP contribution in [0.2, 0.25) is 0 Å². The smallest absolute Gasteiger partial charge is 0.269 e. The average molecular weight is 386 g/mol. The summed E-state index contributed by atoms with van der Waals surface area (Å²) in [5, 5.41) is 1.45. The Kier molecular flexibility index (Phi) is 3.38. The fraction of sp³-hybridized carbons (Fsp3) is 0.261. The first-order valence-corrected chi connectivity index (χ1v) is 9.86. The van der Waals surface area contributed by atoms with E-state index in [0.717, 1.165) is 6.42 Å². The van der Waals surface area contributed by atoms with Gasteiger partial charge in [0.15, 0.2) is 0 Å². The number of hydroxylamine groups is 2. The third-order valence-electron chi connectivity index (χ3n) is 6.45. The summed E-state index contributed by atoms with van der Waals surface area (Å²) in [6.07, 6.45) is 4.24. The van der Waals surface area contributed by atoms with E-state index in [1.54, 1.807) is 36.4 Å². The van der Waals surface area contributed by atoms with E-state index in [-0.39, 0.29) is 35.6 Å². The quantitative estimate of drug-likeness (QED) is 0.588. The lowest BCUT2D eigenvalue weighted by molar-refractivity contribution is -0.178. The number of hydrogen-bond acceptors (Lipinski definition) is 4. The maximum Gasteiger partial charge on any atom is 0.278 e. The molecule has 3 aliphatic heterocycles. The summed E-state index contributed by atoms with van der Waals surface area (Å²) >= 11 is 0. The molecule has 3 heterocycles. The van der Waals surface area contributed by atoms with Gasteiger partial charge >= 0.3 is 0 Å². The van der Waals surface area contributed by atoms with E-state index in [2.05, 4.69) is 0 Å². The van der Waals surface area contributed by atoms with Crippen LogP contribution in [0.4, 0.5) is 0 Å². The maximum absolute atomic E-state index is 13.1. The second-order valence-electron chi connectivity index (χ2n) is 8.02. The summed E-state index contributed by atoms with van der Waals surface area (Å²) in [6.45, 7) is 0. The Hall–Kier alpha value is -3.25. The molecule has 2 fully saturated rings. The van der Waals surface area contributed by atoms with Gasteiger partial charge in [0.25, 0.3) is 17.7 Å². The third kappa shape index (κ3) is 2.29. The standard InChI is InChI=1S/C23H18N2O4/c26-21(13-6-2-1-3-7-13)25-18-10-11-19(29-25)20(17-12-16(17)18)24-22(27)14-8-4-5-9-15(14)23(24)28/h1-11,16-20H,12H2/t16-,17+,18?,19?,20+/m0/s1. The zero-order valence-electron chi connectivity index (χ0n) is 15.5. The van der Waals surface area contributed by atoms with Crippen molar-refractivity contribution in [2.75, 3.05) is 0 Å². The number of carbonyl (C=O) groups is 3. The second kappa shape index (κ2) is 5.87. The minimum absolute atomic E-state index is 0.135. The molecule has 29 heavy (non-hydrogen) atoms. The Bertz CT molecular complexity index is 1040. The largest absolute Gasteiger partial charge is 0.278 e. The van der Waals surface area contributed by atoms with Crippen molar-refractivity contribution in [3.05, 3.63) is 83.4 Å². The molecule has 0 N–H and O–H groups in total. The zero-order valence-corrected chi connectivity index (χ0v) is 15.5. The summed E-state index contributed by atoms with van der Waals surface area (Å²) < 4.78 is 0. The SMILES string of the molecule is O=C(c1ccccc1)N1OC2C=CC1[C@H]1C[C@H]1[C@H]2N1C(=O)c2ccccc2C1=O. The molecule has 6 heteroatoms. The first kappa shape index (κ1) is 16.7. The van der Waals surface area contributed by atoms with Gasteiger partial charge in [-0.25, -0.2) is 5.06 Å². The van der Waals surface area contributed by atoms with Gasteiger partial charge in [0, 0.05) is 5.56 Å². The van der Waals surface area contributed by atoms with E-state index in [0.29, 0.717) is 16.7 Å². The third-order valence-corrected chi connectivity index (χ3v) is 6.45. The van der Waals surface area contributed by atoms with Crippen molar-refractivity contribution in [2.24, 2.45) is 11.8 Å². The van der Waals surface area contributed by atoms with E-state index >= 15 is 0 Å². The molecule has 1 saturated carbocycles. The molecule has 2 aromatic rings. The molecule has 0 spiro atoms. The van der Waals surface area contributed by atoms with Gasteiger partial charge in [-0.05, 0) is 42.5 Å². The van der Waals surface area contributed by atoms with Gasteiger partial charge in [0.1, 0.15) is 6.10 Å². The highest BCUT2D eigenvalue weighted by Gasteiger charge is 2.61. The summed E-state index contributed by atoms with van der Waals surface area (Å²) in [7, 11) is 0. The lowest BCUT2D eigenvalue weighted by Crippen LogP contribution is -2.51. The fourth-order valence-electron chi connectivity index (χ4n) is 5.00. The number of nitrogens with zero attached hydrogens (tertiary/aromatic N) is 2. The van der Waals surface area contributed by atoms with Crippen molar-refractivity contribution in [2.45, 2.75) is 24.6 Å². The van der Waals surface area contributed by atoms with Gasteiger partial charge in [-0.2, -0.15) is 0 Å². The van der Waals surface area contributed by atoms with E-state index in [9.17, 15) is 14.4 Å². The molecule has 5 atom stereocenters. The normalized spacial score (nSPS) is 31.5. The molecule has 3 amide bonds. The first-order valence-electron chi connectivity index (χ1n) is 9.86. The van der Waals surface area contributed by atoms with Crippen LogP contribution in [0.3, 0.4) is 0 Å². The predicted octanol–water partition coefficient (Wildman–Crippen LogP) is 2.68. The minimum Gasteiger partial charge on any atom is -0.269 e. The highest BCUT2D eigenvalue weighted by molar-refractivity contribution is 6.21. The van der Waals surface area contributed by atoms with Gasteiger partial charge in [0.2, 0.25) is 0 Å². The monoisotopic (exact) mass is 386 g/mol. The van der Waals surface area contributed by atoms with Crippen molar-refractivity contribution in [1.82, 2.24) is 9.96 Å². The minimum atomic E-state index is -0.529. The first-order chi connectivity index (χ1) is 14.1. The number of carbonyl (C=O) groups excluding carboxylic acids is 3. The van der Waals surface area contributed by atoms with Gasteiger partial charge < -0.3 is 0 Å². The molecule has 2 aliphatic carbocycles. The van der Waals surface area contributed by atoms with Crippen molar-refractivity contribution >= 4 is 17.7 Å². The summed E-state index contributed by atoms with van der Waals surface area (Å²) in [6, 6.07) is 15.4. The van der Waals surface area contributed by atoms with Gasteiger partial charge in [0.05, 0.1) is 23.2 Å². The van der Waals surface area contributed by atoms with Crippen molar-refractivity contribution in [3.63, 3.8) is 0 Å². The van der Waals surface area contributed by atoms with E-state index in [1.807, 2.05) is 30.4 Å². The molecule has 2 aromatic carbocycles. The van der Waals surface area contributed by atoms with Crippen LogP contribution >= 0.6 is 0 Å². The highest BCUT2D eigenvalue weighted by atomic mass is 16.7. The van der Waals surface area contributed by atoms with Gasteiger partial charge in [-0.15, -0.1) is 0 Å². The zero-order chi connectivity index (χ0) is 19.7. The summed E-state index contributed by atoms with van der Waals surface area (Å²) in [4.78, 5) is 46.6. The highest BCUT2D eigenvalue weighted by Crippen LogP contribution is 2.54.